The van der Waals surface area contributed by atoms with E-state index < -0.39 is 0 Å². The zero-order valence-corrected chi connectivity index (χ0v) is 8.43. The van der Waals surface area contributed by atoms with Gasteiger partial charge in [-0.15, -0.1) is 0 Å². The van der Waals surface area contributed by atoms with Gasteiger partial charge in [0.2, 0.25) is 0 Å². The number of benzene rings is 1. The molecule has 13 heavy (non-hydrogen) atoms. The zero-order chi connectivity index (χ0) is 9.10. The van der Waals surface area contributed by atoms with E-state index in [2.05, 4.69) is 19.1 Å². The fourth-order valence-corrected chi connectivity index (χ4v) is 2.00. The molecule has 0 saturated heterocycles. The first kappa shape index (κ1) is 8.70. The highest BCUT2D eigenvalue weighted by molar-refractivity contribution is 7.99. The molecule has 0 aliphatic carbocycles. The summed E-state index contributed by atoms with van der Waals surface area (Å²) in [6, 6.07) is 10.2. The Morgan fingerprint density at radius 3 is 2.92 bits per heavy atom. The number of rotatable bonds is 3. The Kier molecular flexibility index (Phi) is 2.60. The molecule has 0 unspecified atom stereocenters. The van der Waals surface area contributed by atoms with E-state index in [9.17, 15) is 0 Å². The van der Waals surface area contributed by atoms with Gasteiger partial charge >= 0.3 is 0 Å². The lowest BCUT2D eigenvalue weighted by Crippen LogP contribution is -1.70. The molecule has 0 aliphatic heterocycles. The highest BCUT2D eigenvalue weighted by atomic mass is 32.2. The largest absolute Gasteiger partial charge is 0.450 e. The van der Waals surface area contributed by atoms with Crippen molar-refractivity contribution in [2.24, 2.45) is 0 Å². The molecular weight excluding hydrogens is 180 g/mol. The number of hydrogen-bond donors (Lipinski definition) is 0. The summed E-state index contributed by atoms with van der Waals surface area (Å²) in [6.45, 7) is 2.18. The molecule has 2 heteroatoms. The molecule has 0 saturated carbocycles. The zero-order valence-electron chi connectivity index (χ0n) is 7.62. The van der Waals surface area contributed by atoms with Crippen LogP contribution in [0.3, 0.4) is 0 Å². The molecule has 0 spiro atoms. The molecule has 0 N–H and O–H groups in total. The van der Waals surface area contributed by atoms with Gasteiger partial charge in [-0.25, -0.2) is 0 Å². The second-order valence-electron chi connectivity index (χ2n) is 2.95. The lowest BCUT2D eigenvalue weighted by molar-refractivity contribution is 0.515. The predicted octanol–water partition coefficient (Wildman–Crippen LogP) is 3.93. The van der Waals surface area contributed by atoms with Crippen LogP contribution in [-0.2, 0) is 0 Å². The quantitative estimate of drug-likeness (QED) is 0.683. The molecule has 0 bridgehead atoms. The molecular formula is C11H12OS. The average molecular weight is 192 g/mol. The van der Waals surface area contributed by atoms with Crippen molar-refractivity contribution in [2.75, 3.05) is 5.75 Å². The highest BCUT2D eigenvalue weighted by Gasteiger charge is 2.01. The SMILES string of the molecule is CCCSc1cc2ccccc2o1. The van der Waals surface area contributed by atoms with Crippen LogP contribution in [0, 0.1) is 0 Å². The fraction of sp³-hybridized carbons (Fsp3) is 0.273. The van der Waals surface area contributed by atoms with Gasteiger partial charge in [0, 0.05) is 11.1 Å². The molecule has 0 atom stereocenters. The number of hydrogen-bond acceptors (Lipinski definition) is 2. The van der Waals surface area contributed by atoms with Crippen molar-refractivity contribution < 1.29 is 4.42 Å². The molecule has 2 rings (SSSR count). The standard InChI is InChI=1S/C11H12OS/c1-2-7-13-11-8-9-5-3-4-6-10(9)12-11/h3-6,8H,2,7H2,1H3. The smallest absolute Gasteiger partial charge is 0.161 e. The molecule has 1 heterocycles. The molecule has 0 aliphatic rings. The third-order valence-electron chi connectivity index (χ3n) is 1.85. The summed E-state index contributed by atoms with van der Waals surface area (Å²) in [5.41, 5.74) is 0.987. The molecule has 0 radical (unpaired) electrons. The number of para-hydroxylation sites is 1. The Labute approximate surface area is 82.1 Å². The molecule has 1 nitrogen and oxygen atoms in total. The van der Waals surface area contributed by atoms with Gasteiger partial charge in [-0.05, 0) is 18.6 Å². The second-order valence-corrected chi connectivity index (χ2v) is 4.05. The third kappa shape index (κ3) is 1.89. The molecule has 1 aromatic carbocycles. The van der Waals surface area contributed by atoms with Crippen molar-refractivity contribution in [3.8, 4) is 0 Å². The number of fused-ring (bicyclic) bond motifs is 1. The lowest BCUT2D eigenvalue weighted by Gasteiger charge is -1.90. The van der Waals surface area contributed by atoms with Gasteiger partial charge < -0.3 is 4.42 Å². The molecule has 1 aromatic heterocycles. The Morgan fingerprint density at radius 1 is 1.31 bits per heavy atom. The van der Waals surface area contributed by atoms with Crippen LogP contribution in [-0.4, -0.2) is 5.75 Å². The van der Waals surface area contributed by atoms with Crippen molar-refractivity contribution in [1.82, 2.24) is 0 Å². The summed E-state index contributed by atoms with van der Waals surface area (Å²) in [5, 5.41) is 2.23. The van der Waals surface area contributed by atoms with Gasteiger partial charge in [0.05, 0.1) is 0 Å². The first-order chi connectivity index (χ1) is 6.40. The van der Waals surface area contributed by atoms with E-state index in [1.165, 1.54) is 11.8 Å². The van der Waals surface area contributed by atoms with E-state index in [-0.39, 0.29) is 0 Å². The third-order valence-corrected chi connectivity index (χ3v) is 2.95. The van der Waals surface area contributed by atoms with Crippen molar-refractivity contribution in [2.45, 2.75) is 18.4 Å². The monoisotopic (exact) mass is 192 g/mol. The van der Waals surface area contributed by atoms with E-state index in [4.69, 9.17) is 4.42 Å². The summed E-state index contributed by atoms with van der Waals surface area (Å²) < 4.78 is 5.63. The van der Waals surface area contributed by atoms with Crippen LogP contribution >= 0.6 is 11.8 Å². The summed E-state index contributed by atoms with van der Waals surface area (Å²) in [7, 11) is 0. The van der Waals surface area contributed by atoms with Crippen LogP contribution in [0.5, 0.6) is 0 Å². The van der Waals surface area contributed by atoms with E-state index in [0.29, 0.717) is 0 Å². The fourth-order valence-electron chi connectivity index (χ4n) is 1.23. The van der Waals surface area contributed by atoms with Gasteiger partial charge in [-0.3, -0.25) is 0 Å². The predicted molar refractivity (Wildman–Crippen MR) is 57.2 cm³/mol. The Morgan fingerprint density at radius 2 is 2.15 bits per heavy atom. The molecule has 2 aromatic rings. The van der Waals surface area contributed by atoms with Crippen LogP contribution in [0.1, 0.15) is 13.3 Å². The maximum atomic E-state index is 5.63. The number of furan rings is 1. The molecule has 68 valence electrons. The molecule has 0 amide bonds. The average Bonchev–Trinajstić information content (AvgIpc) is 2.57. The van der Waals surface area contributed by atoms with Crippen molar-refractivity contribution in [3.63, 3.8) is 0 Å². The Balaban J connectivity index is 2.28. The van der Waals surface area contributed by atoms with Crippen LogP contribution in [0.25, 0.3) is 11.0 Å². The Bertz CT molecular complexity index is 359. The minimum atomic E-state index is 0.987. The second kappa shape index (κ2) is 3.88. The van der Waals surface area contributed by atoms with Gasteiger partial charge in [0.15, 0.2) is 5.09 Å². The van der Waals surface area contributed by atoms with Crippen LogP contribution in [0.2, 0.25) is 0 Å². The summed E-state index contributed by atoms with van der Waals surface area (Å²) in [6.07, 6.45) is 1.18. The topological polar surface area (TPSA) is 13.1 Å². The summed E-state index contributed by atoms with van der Waals surface area (Å²) in [5.74, 6) is 1.12. The Hall–Kier alpha value is -0.890. The van der Waals surface area contributed by atoms with Crippen LogP contribution in [0.15, 0.2) is 39.8 Å². The van der Waals surface area contributed by atoms with Gasteiger partial charge in [0.1, 0.15) is 5.58 Å². The minimum absolute atomic E-state index is 0.987. The summed E-state index contributed by atoms with van der Waals surface area (Å²) >= 11 is 1.78. The van der Waals surface area contributed by atoms with Crippen LogP contribution < -0.4 is 0 Å². The van der Waals surface area contributed by atoms with Gasteiger partial charge in [-0.2, -0.15) is 0 Å². The lowest BCUT2D eigenvalue weighted by atomic mass is 10.3. The minimum Gasteiger partial charge on any atom is -0.450 e. The van der Waals surface area contributed by atoms with Gasteiger partial charge in [0.25, 0.3) is 0 Å². The first-order valence-electron chi connectivity index (χ1n) is 4.51. The summed E-state index contributed by atoms with van der Waals surface area (Å²) in [4.78, 5) is 0. The van der Waals surface area contributed by atoms with Crippen molar-refractivity contribution >= 4 is 22.7 Å². The maximum absolute atomic E-state index is 5.63. The normalized spacial score (nSPS) is 10.8. The maximum Gasteiger partial charge on any atom is 0.161 e. The van der Waals surface area contributed by atoms with Crippen molar-refractivity contribution in [1.29, 1.82) is 0 Å². The van der Waals surface area contributed by atoms with E-state index >= 15 is 0 Å². The van der Waals surface area contributed by atoms with Crippen LogP contribution in [0.4, 0.5) is 0 Å². The van der Waals surface area contributed by atoms with Gasteiger partial charge in [-0.1, -0.05) is 36.9 Å². The van der Waals surface area contributed by atoms with E-state index in [0.717, 1.165) is 16.4 Å². The highest BCUT2D eigenvalue weighted by Crippen LogP contribution is 2.26. The first-order valence-corrected chi connectivity index (χ1v) is 5.50. The molecule has 0 fully saturated rings. The van der Waals surface area contributed by atoms with Crippen molar-refractivity contribution in [3.05, 3.63) is 30.3 Å². The van der Waals surface area contributed by atoms with E-state index in [1.54, 1.807) is 11.8 Å². The van der Waals surface area contributed by atoms with E-state index in [1.807, 2.05) is 18.2 Å². The number of thioether (sulfide) groups is 1.